The van der Waals surface area contributed by atoms with E-state index in [-0.39, 0.29) is 17.0 Å². The van der Waals surface area contributed by atoms with E-state index in [0.29, 0.717) is 24.4 Å². The minimum Gasteiger partial charge on any atom is -0.351 e. The molecule has 0 fully saturated rings. The molecule has 1 aromatic carbocycles. The van der Waals surface area contributed by atoms with Crippen molar-refractivity contribution in [3.63, 3.8) is 0 Å². The SMILES string of the molecule is Cc1nnc(SCCNC(=O)c2c(C)ccn(CCc3ccccc3)c2=O)s1. The molecule has 146 valence electrons. The fourth-order valence-corrected chi connectivity index (χ4v) is 4.48. The van der Waals surface area contributed by atoms with Crippen LogP contribution in [0.4, 0.5) is 0 Å². The van der Waals surface area contributed by atoms with Gasteiger partial charge in [0.25, 0.3) is 11.5 Å². The van der Waals surface area contributed by atoms with Crippen LogP contribution in [0.15, 0.2) is 51.7 Å². The van der Waals surface area contributed by atoms with Gasteiger partial charge in [-0.25, -0.2) is 0 Å². The Kier molecular flexibility index (Phi) is 7.00. The third-order valence-electron chi connectivity index (χ3n) is 4.21. The number of nitrogens with one attached hydrogen (secondary N) is 1. The second-order valence-corrected chi connectivity index (χ2v) is 8.82. The van der Waals surface area contributed by atoms with E-state index in [2.05, 4.69) is 15.5 Å². The van der Waals surface area contributed by atoms with Crippen molar-refractivity contribution in [1.29, 1.82) is 0 Å². The first-order valence-electron chi connectivity index (χ1n) is 8.99. The average Bonchev–Trinajstić information content (AvgIpc) is 3.11. The first-order valence-corrected chi connectivity index (χ1v) is 10.8. The van der Waals surface area contributed by atoms with Gasteiger partial charge in [0.2, 0.25) is 0 Å². The van der Waals surface area contributed by atoms with Crippen LogP contribution in [0.3, 0.4) is 0 Å². The molecule has 0 aliphatic heterocycles. The minimum atomic E-state index is -0.328. The summed E-state index contributed by atoms with van der Waals surface area (Å²) in [7, 11) is 0. The van der Waals surface area contributed by atoms with Crippen LogP contribution in [0.2, 0.25) is 0 Å². The number of thioether (sulfide) groups is 1. The van der Waals surface area contributed by atoms with E-state index in [0.717, 1.165) is 21.3 Å². The molecule has 0 aliphatic carbocycles. The van der Waals surface area contributed by atoms with Gasteiger partial charge < -0.3 is 9.88 Å². The largest absolute Gasteiger partial charge is 0.351 e. The molecule has 0 saturated heterocycles. The fraction of sp³-hybridized carbons (Fsp3) is 0.300. The monoisotopic (exact) mass is 414 g/mol. The van der Waals surface area contributed by atoms with Crippen molar-refractivity contribution in [3.05, 3.63) is 74.6 Å². The lowest BCUT2D eigenvalue weighted by Gasteiger charge is -2.11. The van der Waals surface area contributed by atoms with Gasteiger partial charge in [0.1, 0.15) is 10.6 Å². The van der Waals surface area contributed by atoms with Crippen molar-refractivity contribution < 1.29 is 4.79 Å². The number of pyridine rings is 1. The summed E-state index contributed by atoms with van der Waals surface area (Å²) in [6, 6.07) is 11.8. The second-order valence-electron chi connectivity index (χ2n) is 6.30. The minimum absolute atomic E-state index is 0.215. The molecule has 28 heavy (non-hydrogen) atoms. The number of carbonyl (C=O) groups is 1. The Labute approximate surface area is 172 Å². The first kappa shape index (κ1) is 20.3. The van der Waals surface area contributed by atoms with E-state index in [4.69, 9.17) is 0 Å². The Morgan fingerprint density at radius 1 is 1.18 bits per heavy atom. The number of amides is 1. The Bertz CT molecular complexity index is 999. The van der Waals surface area contributed by atoms with Gasteiger partial charge in [-0.15, -0.1) is 10.2 Å². The maximum Gasteiger partial charge on any atom is 0.263 e. The molecule has 2 heterocycles. The molecule has 3 aromatic rings. The topological polar surface area (TPSA) is 76.9 Å². The average molecular weight is 415 g/mol. The number of aryl methyl sites for hydroxylation is 4. The van der Waals surface area contributed by atoms with Crippen LogP contribution in [0.5, 0.6) is 0 Å². The smallest absolute Gasteiger partial charge is 0.263 e. The van der Waals surface area contributed by atoms with Crippen molar-refractivity contribution in [2.75, 3.05) is 12.3 Å². The fourth-order valence-electron chi connectivity index (χ4n) is 2.74. The standard InChI is InChI=1S/C20H22N4O2S2/c1-14-8-11-24(12-9-16-6-4-3-5-7-16)19(26)17(14)18(25)21-10-13-27-20-23-22-15(2)28-20/h3-8,11H,9-10,12-13H2,1-2H3,(H,21,25). The summed E-state index contributed by atoms with van der Waals surface area (Å²) in [6.45, 7) is 4.69. The summed E-state index contributed by atoms with van der Waals surface area (Å²) in [6.07, 6.45) is 2.49. The molecule has 2 aromatic heterocycles. The molecule has 3 rings (SSSR count). The maximum atomic E-state index is 12.8. The van der Waals surface area contributed by atoms with E-state index < -0.39 is 0 Å². The zero-order valence-electron chi connectivity index (χ0n) is 15.8. The highest BCUT2D eigenvalue weighted by Crippen LogP contribution is 2.20. The Hall–Kier alpha value is -2.45. The molecule has 0 aliphatic rings. The van der Waals surface area contributed by atoms with E-state index >= 15 is 0 Å². The summed E-state index contributed by atoms with van der Waals surface area (Å²) in [5, 5.41) is 11.8. The molecule has 0 radical (unpaired) electrons. The number of nitrogens with zero attached hydrogens (tertiary/aromatic N) is 3. The number of rotatable bonds is 8. The van der Waals surface area contributed by atoms with Crippen molar-refractivity contribution in [2.45, 2.75) is 31.2 Å². The summed E-state index contributed by atoms with van der Waals surface area (Å²) in [5.74, 6) is 0.347. The molecule has 0 unspecified atom stereocenters. The predicted octanol–water partition coefficient (Wildman–Crippen LogP) is 3.08. The van der Waals surface area contributed by atoms with Gasteiger partial charge >= 0.3 is 0 Å². The van der Waals surface area contributed by atoms with Crippen LogP contribution in [-0.2, 0) is 13.0 Å². The molecule has 8 heteroatoms. The van der Waals surface area contributed by atoms with E-state index in [1.165, 1.54) is 11.3 Å². The summed E-state index contributed by atoms with van der Waals surface area (Å²) in [4.78, 5) is 25.4. The Morgan fingerprint density at radius 2 is 1.96 bits per heavy atom. The first-order chi connectivity index (χ1) is 13.5. The highest BCUT2D eigenvalue weighted by Gasteiger charge is 2.15. The number of hydrogen-bond acceptors (Lipinski definition) is 6. The van der Waals surface area contributed by atoms with Gasteiger partial charge in [-0.05, 0) is 37.5 Å². The lowest BCUT2D eigenvalue weighted by Crippen LogP contribution is -2.35. The van der Waals surface area contributed by atoms with Crippen molar-refractivity contribution >= 4 is 29.0 Å². The summed E-state index contributed by atoms with van der Waals surface area (Å²) < 4.78 is 2.49. The number of carbonyl (C=O) groups excluding carboxylic acids is 1. The van der Waals surface area contributed by atoms with Crippen LogP contribution in [0.25, 0.3) is 0 Å². The Morgan fingerprint density at radius 3 is 2.68 bits per heavy atom. The van der Waals surface area contributed by atoms with Crippen LogP contribution >= 0.6 is 23.1 Å². The zero-order valence-corrected chi connectivity index (χ0v) is 17.5. The highest BCUT2D eigenvalue weighted by atomic mass is 32.2. The summed E-state index contributed by atoms with van der Waals surface area (Å²) >= 11 is 3.07. The zero-order chi connectivity index (χ0) is 19.9. The van der Waals surface area contributed by atoms with Crippen LogP contribution in [-0.4, -0.2) is 33.0 Å². The van der Waals surface area contributed by atoms with Gasteiger partial charge in [0, 0.05) is 25.0 Å². The molecule has 0 spiro atoms. The van der Waals surface area contributed by atoms with Crippen molar-refractivity contribution in [2.24, 2.45) is 0 Å². The quantitative estimate of drug-likeness (QED) is 0.453. The van der Waals surface area contributed by atoms with Crippen LogP contribution in [0, 0.1) is 13.8 Å². The normalized spacial score (nSPS) is 10.8. The molecular formula is C20H22N4O2S2. The third-order valence-corrected chi connectivity index (χ3v) is 6.18. The molecule has 1 N–H and O–H groups in total. The summed E-state index contributed by atoms with van der Waals surface area (Å²) in [5.41, 5.74) is 1.81. The molecule has 0 bridgehead atoms. The third kappa shape index (κ3) is 5.30. The van der Waals surface area contributed by atoms with E-state index in [1.54, 1.807) is 29.4 Å². The van der Waals surface area contributed by atoms with Gasteiger partial charge in [0.05, 0.1) is 0 Å². The maximum absolute atomic E-state index is 12.8. The number of hydrogen-bond donors (Lipinski definition) is 1. The lowest BCUT2D eigenvalue weighted by atomic mass is 10.1. The van der Waals surface area contributed by atoms with Gasteiger partial charge in [-0.3, -0.25) is 9.59 Å². The molecular weight excluding hydrogens is 392 g/mol. The van der Waals surface area contributed by atoms with E-state index in [9.17, 15) is 9.59 Å². The van der Waals surface area contributed by atoms with Crippen molar-refractivity contribution in [1.82, 2.24) is 20.1 Å². The van der Waals surface area contributed by atoms with Gasteiger partial charge in [-0.1, -0.05) is 53.4 Å². The molecule has 1 amide bonds. The van der Waals surface area contributed by atoms with Gasteiger partial charge in [0.15, 0.2) is 4.34 Å². The van der Waals surface area contributed by atoms with Crippen LogP contribution in [0.1, 0.15) is 26.5 Å². The molecule has 6 nitrogen and oxygen atoms in total. The Balaban J connectivity index is 1.60. The van der Waals surface area contributed by atoms with Crippen LogP contribution < -0.4 is 10.9 Å². The molecule has 0 saturated carbocycles. The van der Waals surface area contributed by atoms with E-state index in [1.807, 2.05) is 43.3 Å². The molecule has 0 atom stereocenters. The van der Waals surface area contributed by atoms with Crippen molar-refractivity contribution in [3.8, 4) is 0 Å². The predicted molar refractivity (Wildman–Crippen MR) is 113 cm³/mol. The number of benzene rings is 1. The van der Waals surface area contributed by atoms with Gasteiger partial charge in [-0.2, -0.15) is 0 Å². The lowest BCUT2D eigenvalue weighted by molar-refractivity contribution is 0.0953. The number of aromatic nitrogens is 3. The highest BCUT2D eigenvalue weighted by molar-refractivity contribution is 8.01. The second kappa shape index (κ2) is 9.66.